The van der Waals surface area contributed by atoms with Gasteiger partial charge in [-0.3, -0.25) is 0 Å². The van der Waals surface area contributed by atoms with Crippen molar-refractivity contribution >= 4 is 32.9 Å². The Hall–Kier alpha value is -6.80. The second-order valence-corrected chi connectivity index (χ2v) is 16.1. The summed E-state index contributed by atoms with van der Waals surface area (Å²) >= 11 is 1.93. The summed E-state index contributed by atoms with van der Waals surface area (Å²) in [6.45, 7) is 0. The van der Waals surface area contributed by atoms with Crippen LogP contribution in [0.4, 0.5) is 0 Å². The van der Waals surface area contributed by atoms with Crippen molar-refractivity contribution in [1.29, 1.82) is 0 Å². The number of hydrogen-bond donors (Lipinski definition) is 0. The molecule has 1 unspecified atom stereocenters. The lowest BCUT2D eigenvalue weighted by Gasteiger charge is -2.30. The van der Waals surface area contributed by atoms with Gasteiger partial charge in [-0.15, -0.1) is 11.3 Å². The molecule has 1 heterocycles. The third-order valence-electron chi connectivity index (χ3n) is 12.3. The maximum absolute atomic E-state index is 2.50. The van der Waals surface area contributed by atoms with Crippen LogP contribution in [0.25, 0.3) is 86.9 Å². The Bertz CT molecular complexity index is 3110. The largest absolute Gasteiger partial charge is 0.135 e. The molecule has 2 aliphatic carbocycles. The third-order valence-corrected chi connectivity index (χ3v) is 13.5. The van der Waals surface area contributed by atoms with Gasteiger partial charge in [0.25, 0.3) is 0 Å². The SMILES string of the molecule is c1ccc(-c2ccc(-c3c4ccccc4c(-c4cccc5c4-c4ccccc4C54c5ccccc5-c5sc(-c6ccccc6)cc54)c4ccccc34)cc2)cc1. The van der Waals surface area contributed by atoms with Gasteiger partial charge in [0.2, 0.25) is 0 Å². The fraction of sp³-hybridized carbons (Fsp3) is 0.0182. The molecule has 260 valence electrons. The van der Waals surface area contributed by atoms with Gasteiger partial charge in [-0.25, -0.2) is 0 Å². The molecule has 1 aromatic heterocycles. The molecular weight excluding hydrogens is 693 g/mol. The zero-order chi connectivity index (χ0) is 36.8. The van der Waals surface area contributed by atoms with E-state index in [9.17, 15) is 0 Å². The maximum atomic E-state index is 2.50. The van der Waals surface area contributed by atoms with E-state index < -0.39 is 5.41 Å². The van der Waals surface area contributed by atoms with Crippen molar-refractivity contribution < 1.29 is 0 Å². The molecule has 0 fully saturated rings. The highest BCUT2D eigenvalue weighted by atomic mass is 32.1. The van der Waals surface area contributed by atoms with Crippen LogP contribution in [0.3, 0.4) is 0 Å². The first-order chi connectivity index (χ1) is 27.8. The van der Waals surface area contributed by atoms with E-state index in [0.717, 1.165) is 0 Å². The molecule has 0 N–H and O–H groups in total. The van der Waals surface area contributed by atoms with E-state index in [0.29, 0.717) is 0 Å². The fourth-order valence-corrected chi connectivity index (χ4v) is 11.3. The summed E-state index contributed by atoms with van der Waals surface area (Å²) in [6.07, 6.45) is 0. The predicted octanol–water partition coefficient (Wildman–Crippen LogP) is 15.1. The molecule has 1 heteroatoms. The average molecular weight is 727 g/mol. The zero-order valence-corrected chi connectivity index (χ0v) is 31.4. The van der Waals surface area contributed by atoms with E-state index in [1.165, 1.54) is 109 Å². The van der Waals surface area contributed by atoms with Crippen LogP contribution in [0.1, 0.15) is 22.3 Å². The maximum Gasteiger partial charge on any atom is 0.0734 e. The molecule has 0 radical (unpaired) electrons. The molecule has 0 aliphatic heterocycles. The highest BCUT2D eigenvalue weighted by Gasteiger charge is 2.53. The van der Waals surface area contributed by atoms with Crippen LogP contribution in [0.15, 0.2) is 206 Å². The first kappa shape index (κ1) is 31.5. The molecule has 0 bridgehead atoms. The molecule has 56 heavy (non-hydrogen) atoms. The molecule has 1 atom stereocenters. The van der Waals surface area contributed by atoms with Crippen molar-refractivity contribution in [2.45, 2.75) is 5.41 Å². The Balaban J connectivity index is 1.14. The Morgan fingerprint density at radius 3 is 1.41 bits per heavy atom. The number of thiophene rings is 1. The normalized spacial score (nSPS) is 14.9. The van der Waals surface area contributed by atoms with Gasteiger partial charge in [0, 0.05) is 9.75 Å². The molecule has 12 rings (SSSR count). The number of hydrogen-bond acceptors (Lipinski definition) is 1. The highest BCUT2D eigenvalue weighted by molar-refractivity contribution is 7.19. The van der Waals surface area contributed by atoms with Crippen LogP contribution in [0.2, 0.25) is 0 Å². The van der Waals surface area contributed by atoms with Crippen molar-refractivity contribution in [2.24, 2.45) is 0 Å². The van der Waals surface area contributed by atoms with Crippen LogP contribution in [0.5, 0.6) is 0 Å². The molecular formula is C55H34S. The summed E-state index contributed by atoms with van der Waals surface area (Å²) in [5, 5.41) is 5.08. The average Bonchev–Trinajstić information content (AvgIpc) is 3.93. The van der Waals surface area contributed by atoms with Crippen molar-refractivity contribution in [2.75, 3.05) is 0 Å². The quantitative estimate of drug-likeness (QED) is 0.158. The minimum absolute atomic E-state index is 0.413. The van der Waals surface area contributed by atoms with Gasteiger partial charge < -0.3 is 0 Å². The summed E-state index contributed by atoms with van der Waals surface area (Å²) in [5.74, 6) is 0. The van der Waals surface area contributed by atoms with Crippen LogP contribution < -0.4 is 0 Å². The Kier molecular flexibility index (Phi) is 6.82. The van der Waals surface area contributed by atoms with Crippen LogP contribution >= 0.6 is 11.3 Å². The summed E-state index contributed by atoms with van der Waals surface area (Å²) in [4.78, 5) is 2.70. The van der Waals surface area contributed by atoms with Crippen molar-refractivity contribution in [1.82, 2.24) is 0 Å². The van der Waals surface area contributed by atoms with E-state index in [1.54, 1.807) is 0 Å². The standard InChI is InChI=1S/C55H34S/c1-3-16-35(17-4-1)36-30-32-38(33-31-36)51-39-20-7-9-22-41(39)52(42-23-10-8-21-40(42)51)45-26-15-29-48-53(45)43-24-11-13-27-46(43)55(48)47-28-14-12-25-44(47)54-49(55)34-50(56-54)37-18-5-2-6-19-37/h1-34H. The monoisotopic (exact) mass is 726 g/mol. The van der Waals surface area contributed by atoms with Crippen LogP contribution in [-0.4, -0.2) is 0 Å². The molecule has 9 aromatic carbocycles. The Labute approximate surface area is 330 Å². The summed E-state index contributed by atoms with van der Waals surface area (Å²) < 4.78 is 0. The first-order valence-corrected chi connectivity index (χ1v) is 20.2. The van der Waals surface area contributed by atoms with E-state index in [4.69, 9.17) is 0 Å². The predicted molar refractivity (Wildman–Crippen MR) is 237 cm³/mol. The van der Waals surface area contributed by atoms with Crippen LogP contribution in [0, 0.1) is 0 Å². The van der Waals surface area contributed by atoms with Crippen molar-refractivity contribution in [3.05, 3.63) is 229 Å². The lowest BCUT2D eigenvalue weighted by Crippen LogP contribution is -2.25. The summed E-state index contributed by atoms with van der Waals surface area (Å²) in [6, 6.07) is 76.8. The highest BCUT2D eigenvalue weighted by Crippen LogP contribution is 2.66. The molecule has 0 saturated carbocycles. The second-order valence-electron chi connectivity index (χ2n) is 15.1. The number of rotatable bonds is 4. The Morgan fingerprint density at radius 1 is 0.286 bits per heavy atom. The smallest absolute Gasteiger partial charge is 0.0734 e. The van der Waals surface area contributed by atoms with Gasteiger partial charge in [0.1, 0.15) is 0 Å². The third kappa shape index (κ3) is 4.29. The van der Waals surface area contributed by atoms with Crippen molar-refractivity contribution in [3.63, 3.8) is 0 Å². The fourth-order valence-electron chi connectivity index (χ4n) is 10.1. The van der Waals surface area contributed by atoms with E-state index >= 15 is 0 Å². The van der Waals surface area contributed by atoms with E-state index in [2.05, 4.69) is 206 Å². The van der Waals surface area contributed by atoms with Gasteiger partial charge in [-0.1, -0.05) is 200 Å². The summed E-state index contributed by atoms with van der Waals surface area (Å²) in [5.41, 5.74) is 17.9. The van der Waals surface area contributed by atoms with Gasteiger partial charge in [0.05, 0.1) is 5.41 Å². The minimum atomic E-state index is -0.413. The number of benzene rings is 9. The molecule has 1 spiro atoms. The van der Waals surface area contributed by atoms with Gasteiger partial charge in [0.15, 0.2) is 0 Å². The minimum Gasteiger partial charge on any atom is -0.135 e. The molecule has 2 aliphatic rings. The topological polar surface area (TPSA) is 0 Å². The molecule has 0 nitrogen and oxygen atoms in total. The second kappa shape index (κ2) is 12.1. The lowest BCUT2D eigenvalue weighted by molar-refractivity contribution is 0.796. The van der Waals surface area contributed by atoms with Crippen molar-refractivity contribution in [3.8, 4) is 65.4 Å². The van der Waals surface area contributed by atoms with Gasteiger partial charge >= 0.3 is 0 Å². The van der Waals surface area contributed by atoms with E-state index in [1.807, 2.05) is 11.3 Å². The molecule has 0 saturated heterocycles. The number of fused-ring (bicyclic) bond motifs is 12. The lowest BCUT2D eigenvalue weighted by atomic mass is 9.70. The zero-order valence-electron chi connectivity index (χ0n) is 30.5. The molecule has 10 aromatic rings. The molecule has 0 amide bonds. The Morgan fingerprint density at radius 2 is 0.750 bits per heavy atom. The van der Waals surface area contributed by atoms with Gasteiger partial charge in [-0.05, 0) is 105 Å². The summed E-state index contributed by atoms with van der Waals surface area (Å²) in [7, 11) is 0. The van der Waals surface area contributed by atoms with Gasteiger partial charge in [-0.2, -0.15) is 0 Å². The first-order valence-electron chi connectivity index (χ1n) is 19.4. The van der Waals surface area contributed by atoms with E-state index in [-0.39, 0.29) is 0 Å². The van der Waals surface area contributed by atoms with Crippen LogP contribution in [-0.2, 0) is 5.41 Å².